The molecule has 2 N–H and O–H groups in total. The molecule has 76 valence electrons. The first-order chi connectivity index (χ1) is 6.81. The molecule has 0 spiro atoms. The molecule has 1 aromatic rings. The Morgan fingerprint density at radius 1 is 1.36 bits per heavy atom. The van der Waals surface area contributed by atoms with Gasteiger partial charge in [0, 0.05) is 6.54 Å². The van der Waals surface area contributed by atoms with Crippen molar-refractivity contribution in [3.05, 3.63) is 23.5 Å². The van der Waals surface area contributed by atoms with Gasteiger partial charge in [0.15, 0.2) is 17.3 Å². The lowest BCUT2D eigenvalue weighted by molar-refractivity contribution is 0.156. The Morgan fingerprint density at radius 2 is 2.14 bits per heavy atom. The Labute approximate surface area is 80.2 Å². The van der Waals surface area contributed by atoms with E-state index in [4.69, 9.17) is 14.7 Å². The van der Waals surface area contributed by atoms with Crippen LogP contribution in [0.3, 0.4) is 0 Å². The number of halogens is 1. The quantitative estimate of drug-likeness (QED) is 0.700. The summed E-state index contributed by atoms with van der Waals surface area (Å²) in [6, 6.07) is 2.94. The summed E-state index contributed by atoms with van der Waals surface area (Å²) in [5.41, 5.74) is 2.56. The molecule has 0 unspecified atom stereocenters. The number of benzene rings is 1. The van der Waals surface area contributed by atoms with Crippen LogP contribution in [0.15, 0.2) is 12.1 Å². The minimum absolute atomic E-state index is 0.151. The maximum Gasteiger partial charge on any atom is 0.197 e. The number of hydroxylamine groups is 1. The van der Waals surface area contributed by atoms with Crippen molar-refractivity contribution in [2.75, 3.05) is 13.2 Å². The summed E-state index contributed by atoms with van der Waals surface area (Å²) in [6.07, 6.45) is 0. The van der Waals surface area contributed by atoms with E-state index >= 15 is 0 Å². The molecule has 0 saturated carbocycles. The van der Waals surface area contributed by atoms with E-state index in [1.165, 1.54) is 6.07 Å². The Bertz CT molecular complexity index is 343. The monoisotopic (exact) mass is 199 g/mol. The SMILES string of the molecule is ONCc1cc(F)c2c(c1)OCCO2. The molecule has 5 heteroatoms. The highest BCUT2D eigenvalue weighted by atomic mass is 19.1. The lowest BCUT2D eigenvalue weighted by Crippen LogP contribution is -2.17. The van der Waals surface area contributed by atoms with Gasteiger partial charge in [-0.3, -0.25) is 0 Å². The van der Waals surface area contributed by atoms with Crippen molar-refractivity contribution in [1.82, 2.24) is 5.48 Å². The van der Waals surface area contributed by atoms with Crippen LogP contribution in [0.5, 0.6) is 11.5 Å². The van der Waals surface area contributed by atoms with E-state index in [9.17, 15) is 4.39 Å². The molecular formula is C9H10FNO3. The zero-order valence-electron chi connectivity index (χ0n) is 7.42. The number of ether oxygens (including phenoxy) is 2. The van der Waals surface area contributed by atoms with Crippen LogP contribution in [0.4, 0.5) is 4.39 Å². The van der Waals surface area contributed by atoms with Crippen LogP contribution in [-0.4, -0.2) is 18.4 Å². The van der Waals surface area contributed by atoms with Crippen LogP contribution >= 0.6 is 0 Å². The standard InChI is InChI=1S/C9H10FNO3/c10-7-3-6(5-11-12)4-8-9(7)14-2-1-13-8/h3-4,11-12H,1-2,5H2. The molecule has 1 aliphatic rings. The molecule has 0 amide bonds. The van der Waals surface area contributed by atoms with Gasteiger partial charge < -0.3 is 14.7 Å². The first-order valence-electron chi connectivity index (χ1n) is 4.26. The van der Waals surface area contributed by atoms with E-state index < -0.39 is 5.82 Å². The van der Waals surface area contributed by atoms with E-state index in [1.807, 2.05) is 5.48 Å². The fourth-order valence-electron chi connectivity index (χ4n) is 1.36. The summed E-state index contributed by atoms with van der Waals surface area (Å²) in [5.74, 6) is 0.0758. The van der Waals surface area contributed by atoms with Gasteiger partial charge in [0.25, 0.3) is 0 Å². The second-order valence-corrected chi connectivity index (χ2v) is 2.94. The lowest BCUT2D eigenvalue weighted by atomic mass is 10.2. The third kappa shape index (κ3) is 1.64. The van der Waals surface area contributed by atoms with Gasteiger partial charge in [0.1, 0.15) is 13.2 Å². The fraction of sp³-hybridized carbons (Fsp3) is 0.333. The zero-order valence-corrected chi connectivity index (χ0v) is 7.42. The maximum absolute atomic E-state index is 13.3. The predicted molar refractivity (Wildman–Crippen MR) is 46.0 cm³/mol. The summed E-state index contributed by atoms with van der Waals surface area (Å²) < 4.78 is 23.7. The van der Waals surface area contributed by atoms with Crippen LogP contribution < -0.4 is 15.0 Å². The van der Waals surface area contributed by atoms with Gasteiger partial charge in [0.05, 0.1) is 0 Å². The molecule has 0 saturated heterocycles. The summed E-state index contributed by atoms with van der Waals surface area (Å²) in [5, 5.41) is 8.47. The van der Waals surface area contributed by atoms with Crippen molar-refractivity contribution in [3.63, 3.8) is 0 Å². The molecule has 14 heavy (non-hydrogen) atoms. The molecule has 4 nitrogen and oxygen atoms in total. The largest absolute Gasteiger partial charge is 0.486 e. The smallest absolute Gasteiger partial charge is 0.197 e. The van der Waals surface area contributed by atoms with Crippen molar-refractivity contribution < 1.29 is 19.1 Å². The Morgan fingerprint density at radius 3 is 2.93 bits per heavy atom. The second-order valence-electron chi connectivity index (χ2n) is 2.94. The third-order valence-electron chi connectivity index (χ3n) is 1.94. The van der Waals surface area contributed by atoms with Crippen molar-refractivity contribution in [1.29, 1.82) is 0 Å². The van der Waals surface area contributed by atoms with E-state index in [0.29, 0.717) is 24.5 Å². The lowest BCUT2D eigenvalue weighted by Gasteiger charge is -2.19. The minimum atomic E-state index is -0.465. The highest BCUT2D eigenvalue weighted by Gasteiger charge is 2.17. The van der Waals surface area contributed by atoms with Gasteiger partial charge in [-0.05, 0) is 17.7 Å². The minimum Gasteiger partial charge on any atom is -0.486 e. The number of rotatable bonds is 2. The molecule has 1 aromatic carbocycles. The van der Waals surface area contributed by atoms with E-state index in [2.05, 4.69) is 0 Å². The highest BCUT2D eigenvalue weighted by molar-refractivity contribution is 5.45. The Kier molecular flexibility index (Phi) is 2.51. The van der Waals surface area contributed by atoms with Crippen molar-refractivity contribution >= 4 is 0 Å². The summed E-state index contributed by atoms with van der Waals surface area (Å²) in [6.45, 7) is 0.956. The first-order valence-corrected chi connectivity index (χ1v) is 4.26. The summed E-state index contributed by atoms with van der Waals surface area (Å²) >= 11 is 0. The van der Waals surface area contributed by atoms with Crippen LogP contribution in [0.2, 0.25) is 0 Å². The van der Waals surface area contributed by atoms with Crippen LogP contribution in [-0.2, 0) is 6.54 Å². The molecule has 0 atom stereocenters. The molecule has 2 rings (SSSR count). The molecule has 0 aliphatic carbocycles. The summed E-state index contributed by atoms with van der Waals surface area (Å²) in [7, 11) is 0. The van der Waals surface area contributed by atoms with Crippen molar-refractivity contribution in [2.24, 2.45) is 0 Å². The molecular weight excluding hydrogens is 189 g/mol. The molecule has 0 bridgehead atoms. The van der Waals surface area contributed by atoms with Crippen molar-refractivity contribution in [2.45, 2.75) is 6.54 Å². The molecule has 0 fully saturated rings. The Balaban J connectivity index is 2.36. The zero-order chi connectivity index (χ0) is 9.97. The highest BCUT2D eigenvalue weighted by Crippen LogP contribution is 2.33. The molecule has 1 aliphatic heterocycles. The second kappa shape index (κ2) is 3.81. The van der Waals surface area contributed by atoms with Crippen molar-refractivity contribution in [3.8, 4) is 11.5 Å². The Hall–Kier alpha value is -1.33. The number of hydrogen-bond donors (Lipinski definition) is 2. The molecule has 1 heterocycles. The van der Waals surface area contributed by atoms with E-state index in [1.54, 1.807) is 6.07 Å². The van der Waals surface area contributed by atoms with Gasteiger partial charge in [-0.2, -0.15) is 0 Å². The van der Waals surface area contributed by atoms with Crippen LogP contribution in [0.1, 0.15) is 5.56 Å². The number of nitrogens with one attached hydrogen (secondary N) is 1. The van der Waals surface area contributed by atoms with E-state index in [0.717, 1.165) is 0 Å². The average molecular weight is 199 g/mol. The van der Waals surface area contributed by atoms with Gasteiger partial charge in [-0.15, -0.1) is 0 Å². The van der Waals surface area contributed by atoms with Gasteiger partial charge >= 0.3 is 0 Å². The summed E-state index contributed by atoms with van der Waals surface area (Å²) in [4.78, 5) is 0. The van der Waals surface area contributed by atoms with Gasteiger partial charge in [0.2, 0.25) is 0 Å². The average Bonchev–Trinajstić information content (AvgIpc) is 2.18. The number of fused-ring (bicyclic) bond motifs is 1. The van der Waals surface area contributed by atoms with Gasteiger partial charge in [-0.25, -0.2) is 9.87 Å². The van der Waals surface area contributed by atoms with Gasteiger partial charge in [-0.1, -0.05) is 0 Å². The predicted octanol–water partition coefficient (Wildman–Crippen LogP) is 1.08. The van der Waals surface area contributed by atoms with Crippen LogP contribution in [0.25, 0.3) is 0 Å². The maximum atomic E-state index is 13.3. The number of hydrogen-bond acceptors (Lipinski definition) is 4. The normalized spacial score (nSPS) is 14.1. The fourth-order valence-corrected chi connectivity index (χ4v) is 1.36. The molecule has 0 radical (unpaired) electrons. The molecule has 0 aromatic heterocycles. The first kappa shape index (κ1) is 9.23. The van der Waals surface area contributed by atoms with E-state index in [-0.39, 0.29) is 12.3 Å². The van der Waals surface area contributed by atoms with Crippen LogP contribution in [0, 0.1) is 5.82 Å². The third-order valence-corrected chi connectivity index (χ3v) is 1.94. The topological polar surface area (TPSA) is 50.7 Å².